The molecule has 0 unspecified atom stereocenters. The smallest absolute Gasteiger partial charge is 0.269 e. The highest BCUT2D eigenvalue weighted by Gasteiger charge is 2.32. The number of para-hydroxylation sites is 1. The van der Waals surface area contributed by atoms with Crippen LogP contribution in [0.4, 0.5) is 0 Å². The molecular weight excluding hydrogens is 406 g/mol. The van der Waals surface area contributed by atoms with E-state index in [0.29, 0.717) is 27.2 Å². The monoisotopic (exact) mass is 423 g/mol. The number of carbonyl (C=O) groups is 1. The molecular formula is C21H17N3O3S2. The summed E-state index contributed by atoms with van der Waals surface area (Å²) < 4.78 is 7.82. The van der Waals surface area contributed by atoms with Crippen molar-refractivity contribution in [2.45, 2.75) is 13.3 Å². The number of pyridine rings is 1. The van der Waals surface area contributed by atoms with Crippen LogP contribution in [-0.2, 0) is 4.79 Å². The summed E-state index contributed by atoms with van der Waals surface area (Å²) in [5, 5.41) is 0. The Balaban J connectivity index is 1.85. The summed E-state index contributed by atoms with van der Waals surface area (Å²) in [7, 11) is 0. The van der Waals surface area contributed by atoms with E-state index in [1.807, 2.05) is 25.1 Å². The van der Waals surface area contributed by atoms with E-state index in [2.05, 4.69) is 4.98 Å². The van der Waals surface area contributed by atoms with Gasteiger partial charge in [-0.15, -0.1) is 0 Å². The first-order chi connectivity index (χ1) is 14.1. The summed E-state index contributed by atoms with van der Waals surface area (Å²) >= 11 is 6.50. The van der Waals surface area contributed by atoms with Crippen LogP contribution in [0.15, 0.2) is 64.4 Å². The van der Waals surface area contributed by atoms with Gasteiger partial charge in [0.2, 0.25) is 5.88 Å². The topological polar surface area (TPSA) is 63.9 Å². The maximum atomic E-state index is 13.2. The molecule has 1 aliphatic heterocycles. The number of ether oxygens (including phenoxy) is 1. The van der Waals surface area contributed by atoms with Crippen LogP contribution in [0, 0.1) is 0 Å². The Labute approximate surface area is 176 Å². The quantitative estimate of drug-likeness (QED) is 0.455. The molecule has 1 saturated heterocycles. The van der Waals surface area contributed by atoms with Crippen molar-refractivity contribution in [2.24, 2.45) is 0 Å². The minimum atomic E-state index is -0.317. The maximum Gasteiger partial charge on any atom is 0.269 e. The number of nitrogens with zero attached hydrogens (tertiary/aromatic N) is 3. The Hall–Kier alpha value is -2.97. The minimum Gasteiger partial charge on any atom is -0.438 e. The van der Waals surface area contributed by atoms with Crippen molar-refractivity contribution < 1.29 is 9.53 Å². The van der Waals surface area contributed by atoms with Gasteiger partial charge in [0, 0.05) is 12.7 Å². The fourth-order valence-electron chi connectivity index (χ4n) is 2.93. The fourth-order valence-corrected chi connectivity index (χ4v) is 4.22. The molecule has 0 atom stereocenters. The number of aromatic nitrogens is 2. The zero-order valence-electron chi connectivity index (χ0n) is 15.6. The summed E-state index contributed by atoms with van der Waals surface area (Å²) in [5.41, 5.74) is 0.343. The Morgan fingerprint density at radius 1 is 1.14 bits per heavy atom. The molecule has 8 heteroatoms. The molecule has 3 heterocycles. The first-order valence-electron chi connectivity index (χ1n) is 9.08. The van der Waals surface area contributed by atoms with Crippen LogP contribution < -0.4 is 10.3 Å². The summed E-state index contributed by atoms with van der Waals surface area (Å²) in [4.78, 5) is 32.3. The van der Waals surface area contributed by atoms with Gasteiger partial charge in [-0.3, -0.25) is 18.9 Å². The van der Waals surface area contributed by atoms with Crippen LogP contribution in [0.5, 0.6) is 11.6 Å². The molecule has 146 valence electrons. The second-order valence-corrected chi connectivity index (χ2v) is 7.99. The lowest BCUT2D eigenvalue weighted by Crippen LogP contribution is -2.28. The SMILES string of the molecule is CCCN1C(=O)/C(=C/c2c(Oc3ccccc3)nc3ccccn3c2=O)SC1=S. The number of amides is 1. The average molecular weight is 424 g/mol. The number of hydrogen-bond acceptors (Lipinski definition) is 6. The molecule has 0 aliphatic carbocycles. The molecule has 0 bridgehead atoms. The van der Waals surface area contributed by atoms with E-state index in [1.54, 1.807) is 41.4 Å². The van der Waals surface area contributed by atoms with Gasteiger partial charge in [-0.2, -0.15) is 4.98 Å². The van der Waals surface area contributed by atoms with Crippen LogP contribution >= 0.6 is 24.0 Å². The van der Waals surface area contributed by atoms with E-state index in [0.717, 1.165) is 6.42 Å². The zero-order chi connectivity index (χ0) is 20.4. The molecule has 2 aromatic heterocycles. The molecule has 6 nitrogen and oxygen atoms in total. The van der Waals surface area contributed by atoms with Crippen molar-refractivity contribution in [3.63, 3.8) is 0 Å². The van der Waals surface area contributed by atoms with Gasteiger partial charge in [-0.05, 0) is 36.8 Å². The average Bonchev–Trinajstić information content (AvgIpc) is 2.99. The van der Waals surface area contributed by atoms with Crippen LogP contribution in [0.1, 0.15) is 18.9 Å². The summed E-state index contributed by atoms with van der Waals surface area (Å²) in [6, 6.07) is 14.4. The zero-order valence-corrected chi connectivity index (χ0v) is 17.2. The predicted octanol–water partition coefficient (Wildman–Crippen LogP) is 4.10. The van der Waals surface area contributed by atoms with E-state index in [1.165, 1.54) is 22.2 Å². The Morgan fingerprint density at radius 3 is 2.66 bits per heavy atom. The number of fused-ring (bicyclic) bond motifs is 1. The number of thioether (sulfide) groups is 1. The highest BCUT2D eigenvalue weighted by atomic mass is 32.2. The standard InChI is InChI=1S/C21H17N3O3S2/c1-2-11-24-20(26)16(29-21(24)28)13-15-18(27-14-8-4-3-5-9-14)22-17-10-6-7-12-23(17)19(15)25/h3-10,12-13H,2,11H2,1H3/b16-13-. The molecule has 4 rings (SSSR count). The Morgan fingerprint density at radius 2 is 1.90 bits per heavy atom. The van der Waals surface area contributed by atoms with Gasteiger partial charge in [0.05, 0.1) is 4.91 Å². The third-order valence-electron chi connectivity index (χ3n) is 4.29. The van der Waals surface area contributed by atoms with E-state index >= 15 is 0 Å². The molecule has 0 spiro atoms. The molecule has 1 aliphatic rings. The third kappa shape index (κ3) is 3.81. The molecule has 1 amide bonds. The molecule has 0 radical (unpaired) electrons. The van der Waals surface area contributed by atoms with Gasteiger partial charge in [0.25, 0.3) is 11.5 Å². The second-order valence-electron chi connectivity index (χ2n) is 6.31. The van der Waals surface area contributed by atoms with E-state index < -0.39 is 0 Å². The highest BCUT2D eigenvalue weighted by molar-refractivity contribution is 8.26. The Kier molecular flexibility index (Phi) is 5.46. The van der Waals surface area contributed by atoms with Gasteiger partial charge in [-0.25, -0.2) is 0 Å². The van der Waals surface area contributed by atoms with E-state index in [-0.39, 0.29) is 22.9 Å². The lowest BCUT2D eigenvalue weighted by atomic mass is 10.2. The molecule has 1 aromatic carbocycles. The van der Waals surface area contributed by atoms with Crippen LogP contribution in [0.3, 0.4) is 0 Å². The lowest BCUT2D eigenvalue weighted by molar-refractivity contribution is -0.122. The van der Waals surface area contributed by atoms with Crippen LogP contribution in [0.2, 0.25) is 0 Å². The van der Waals surface area contributed by atoms with Crippen molar-refractivity contribution in [3.05, 3.63) is 75.6 Å². The van der Waals surface area contributed by atoms with E-state index in [9.17, 15) is 9.59 Å². The fraction of sp³-hybridized carbons (Fsp3) is 0.143. The first-order valence-corrected chi connectivity index (χ1v) is 10.3. The first kappa shape index (κ1) is 19.4. The van der Waals surface area contributed by atoms with Crippen molar-refractivity contribution in [1.82, 2.24) is 14.3 Å². The molecule has 0 N–H and O–H groups in total. The second kappa shape index (κ2) is 8.18. The van der Waals surface area contributed by atoms with Crippen LogP contribution in [-0.4, -0.2) is 31.1 Å². The summed E-state index contributed by atoms with van der Waals surface area (Å²) in [5.74, 6) is 0.492. The van der Waals surface area contributed by atoms with Crippen LogP contribution in [0.25, 0.3) is 11.7 Å². The summed E-state index contributed by atoms with van der Waals surface area (Å²) in [6.45, 7) is 2.53. The van der Waals surface area contributed by atoms with Crippen molar-refractivity contribution in [2.75, 3.05) is 6.54 Å². The number of benzene rings is 1. The Bertz CT molecular complexity index is 1190. The number of carbonyl (C=O) groups excluding carboxylic acids is 1. The van der Waals surface area contributed by atoms with Gasteiger partial charge in [0.15, 0.2) is 0 Å². The number of rotatable bonds is 5. The lowest BCUT2D eigenvalue weighted by Gasteiger charge is -2.12. The van der Waals surface area contributed by atoms with Gasteiger partial charge in [0.1, 0.15) is 21.3 Å². The maximum absolute atomic E-state index is 13.2. The van der Waals surface area contributed by atoms with Crippen molar-refractivity contribution in [3.8, 4) is 11.6 Å². The van der Waals surface area contributed by atoms with Gasteiger partial charge < -0.3 is 4.74 Å². The largest absolute Gasteiger partial charge is 0.438 e. The normalized spacial score (nSPS) is 15.5. The minimum absolute atomic E-state index is 0.146. The number of hydrogen-bond donors (Lipinski definition) is 0. The molecule has 3 aromatic rings. The molecule has 29 heavy (non-hydrogen) atoms. The summed E-state index contributed by atoms with van der Waals surface area (Å²) in [6.07, 6.45) is 3.96. The van der Waals surface area contributed by atoms with Crippen molar-refractivity contribution >= 4 is 45.9 Å². The van der Waals surface area contributed by atoms with E-state index in [4.69, 9.17) is 17.0 Å². The molecule has 0 saturated carbocycles. The third-order valence-corrected chi connectivity index (χ3v) is 5.67. The molecule has 1 fully saturated rings. The predicted molar refractivity (Wildman–Crippen MR) is 118 cm³/mol. The highest BCUT2D eigenvalue weighted by Crippen LogP contribution is 2.34. The number of thiocarbonyl (C=S) groups is 1. The van der Waals surface area contributed by atoms with Gasteiger partial charge >= 0.3 is 0 Å². The van der Waals surface area contributed by atoms with Gasteiger partial charge in [-0.1, -0.05) is 55.2 Å². The van der Waals surface area contributed by atoms with Crippen molar-refractivity contribution in [1.29, 1.82) is 0 Å².